The Balaban J connectivity index is 2.02. The van der Waals surface area contributed by atoms with Crippen LogP contribution in [0.5, 0.6) is 0 Å². The fourth-order valence-electron chi connectivity index (χ4n) is 2.49. The molecule has 1 N–H and O–H groups in total. The van der Waals surface area contributed by atoms with Crippen molar-refractivity contribution in [3.05, 3.63) is 75.3 Å². The Kier molecular flexibility index (Phi) is 5.46. The zero-order valence-corrected chi connectivity index (χ0v) is 13.3. The van der Waals surface area contributed by atoms with E-state index in [1.54, 1.807) is 19.1 Å². The smallest absolute Gasteiger partial charge is 0.285 e. The van der Waals surface area contributed by atoms with Crippen molar-refractivity contribution < 1.29 is 9.72 Å². The van der Waals surface area contributed by atoms with Gasteiger partial charge < -0.3 is 5.32 Å². The number of benzene rings is 2. The second-order valence-electron chi connectivity index (χ2n) is 5.63. The second kappa shape index (κ2) is 7.54. The number of para-hydroxylation sites is 1. The Hall–Kier alpha value is -2.69. The lowest BCUT2D eigenvalue weighted by atomic mass is 10.0. The molecule has 2 rings (SSSR count). The van der Waals surface area contributed by atoms with Crippen LogP contribution in [-0.2, 0) is 6.42 Å². The first-order valence-corrected chi connectivity index (χ1v) is 7.58. The third-order valence-corrected chi connectivity index (χ3v) is 3.75. The number of hydrogen-bond acceptors (Lipinski definition) is 3. The number of nitrogens with one attached hydrogen (secondary N) is 1. The molecule has 0 heterocycles. The van der Waals surface area contributed by atoms with E-state index >= 15 is 0 Å². The fraction of sp³-hybridized carbons (Fsp3) is 0.278. The summed E-state index contributed by atoms with van der Waals surface area (Å²) in [6.45, 7) is 3.54. The molecule has 1 amide bonds. The molecule has 0 bridgehead atoms. The summed E-state index contributed by atoms with van der Waals surface area (Å²) in [4.78, 5) is 23.0. The number of carbonyl (C=O) groups is 1. The normalized spacial score (nSPS) is 11.7. The quantitative estimate of drug-likeness (QED) is 0.653. The molecular formula is C18H20N2O3. The van der Waals surface area contributed by atoms with Gasteiger partial charge in [0.2, 0.25) is 0 Å². The molecule has 0 radical (unpaired) electrons. The molecule has 120 valence electrons. The van der Waals surface area contributed by atoms with Crippen LogP contribution in [0.15, 0.2) is 48.5 Å². The van der Waals surface area contributed by atoms with Crippen LogP contribution in [0.1, 0.15) is 34.8 Å². The summed E-state index contributed by atoms with van der Waals surface area (Å²) in [5.41, 5.74) is 1.68. The van der Waals surface area contributed by atoms with Gasteiger partial charge in [0.05, 0.1) is 4.92 Å². The Morgan fingerprint density at radius 3 is 2.52 bits per heavy atom. The van der Waals surface area contributed by atoms with Crippen LogP contribution in [0.3, 0.4) is 0 Å². The maximum absolute atomic E-state index is 12.3. The number of hydrogen-bond donors (Lipinski definition) is 1. The molecule has 0 aliphatic rings. The van der Waals surface area contributed by atoms with Crippen LogP contribution >= 0.6 is 0 Å². The Morgan fingerprint density at radius 2 is 1.87 bits per heavy atom. The molecule has 5 heteroatoms. The minimum Gasteiger partial charge on any atom is -0.349 e. The van der Waals surface area contributed by atoms with Gasteiger partial charge in [-0.15, -0.1) is 0 Å². The molecule has 23 heavy (non-hydrogen) atoms. The minimum absolute atomic E-state index is 0.0668. The maximum Gasteiger partial charge on any atom is 0.285 e. The first-order chi connectivity index (χ1) is 11.0. The highest BCUT2D eigenvalue weighted by Gasteiger charge is 2.23. The third kappa shape index (κ3) is 4.39. The second-order valence-corrected chi connectivity index (χ2v) is 5.63. The van der Waals surface area contributed by atoms with E-state index in [1.165, 1.54) is 11.6 Å². The summed E-state index contributed by atoms with van der Waals surface area (Å²) in [5, 5.41) is 14.0. The van der Waals surface area contributed by atoms with Crippen molar-refractivity contribution >= 4 is 11.6 Å². The number of carbonyl (C=O) groups excluding carboxylic acids is 1. The number of rotatable bonds is 6. The lowest BCUT2D eigenvalue weighted by molar-refractivity contribution is -0.385. The van der Waals surface area contributed by atoms with E-state index in [1.807, 2.05) is 37.3 Å². The van der Waals surface area contributed by atoms with Crippen molar-refractivity contribution in [2.24, 2.45) is 0 Å². The molecule has 0 fully saturated rings. The van der Waals surface area contributed by atoms with E-state index in [4.69, 9.17) is 0 Å². The molecule has 0 aliphatic carbocycles. The fourth-order valence-corrected chi connectivity index (χ4v) is 2.49. The van der Waals surface area contributed by atoms with Gasteiger partial charge in [0.1, 0.15) is 5.56 Å². The lowest BCUT2D eigenvalue weighted by Gasteiger charge is -2.14. The zero-order chi connectivity index (χ0) is 16.8. The van der Waals surface area contributed by atoms with E-state index in [-0.39, 0.29) is 17.3 Å². The Labute approximate surface area is 135 Å². The predicted octanol–water partition coefficient (Wildman–Crippen LogP) is 3.65. The monoisotopic (exact) mass is 312 g/mol. The topological polar surface area (TPSA) is 72.2 Å². The average Bonchev–Trinajstić information content (AvgIpc) is 2.53. The van der Waals surface area contributed by atoms with Crippen molar-refractivity contribution in [3.63, 3.8) is 0 Å². The van der Waals surface area contributed by atoms with Crippen LogP contribution in [0.4, 0.5) is 5.69 Å². The van der Waals surface area contributed by atoms with Gasteiger partial charge in [-0.05, 0) is 38.3 Å². The number of nitro groups is 1. The Bertz CT molecular complexity index is 699. The van der Waals surface area contributed by atoms with Gasteiger partial charge in [0.15, 0.2) is 0 Å². The molecule has 0 aliphatic heterocycles. The third-order valence-electron chi connectivity index (χ3n) is 3.75. The predicted molar refractivity (Wildman–Crippen MR) is 89.5 cm³/mol. The van der Waals surface area contributed by atoms with E-state index in [2.05, 4.69) is 5.32 Å². The van der Waals surface area contributed by atoms with E-state index in [9.17, 15) is 14.9 Å². The van der Waals surface area contributed by atoms with Crippen LogP contribution in [0, 0.1) is 17.0 Å². The van der Waals surface area contributed by atoms with Crippen molar-refractivity contribution in [2.45, 2.75) is 32.7 Å². The number of amides is 1. The van der Waals surface area contributed by atoms with Crippen LogP contribution < -0.4 is 5.32 Å². The summed E-state index contributed by atoms with van der Waals surface area (Å²) >= 11 is 0. The number of aryl methyl sites for hydroxylation is 2. The van der Waals surface area contributed by atoms with Crippen LogP contribution in [0.25, 0.3) is 0 Å². The Morgan fingerprint density at radius 1 is 1.17 bits per heavy atom. The van der Waals surface area contributed by atoms with Gasteiger partial charge in [-0.3, -0.25) is 14.9 Å². The van der Waals surface area contributed by atoms with Crippen LogP contribution in [0.2, 0.25) is 0 Å². The summed E-state index contributed by atoms with van der Waals surface area (Å²) in [7, 11) is 0. The molecule has 0 unspecified atom stereocenters. The van der Waals surface area contributed by atoms with E-state index in [0.717, 1.165) is 12.8 Å². The lowest BCUT2D eigenvalue weighted by Crippen LogP contribution is -2.33. The van der Waals surface area contributed by atoms with Gasteiger partial charge in [0, 0.05) is 11.6 Å². The summed E-state index contributed by atoms with van der Waals surface area (Å²) < 4.78 is 0. The van der Waals surface area contributed by atoms with Crippen molar-refractivity contribution in [1.82, 2.24) is 5.32 Å². The van der Waals surface area contributed by atoms with E-state index < -0.39 is 10.8 Å². The molecule has 1 atom stereocenters. The van der Waals surface area contributed by atoms with Crippen molar-refractivity contribution in [3.8, 4) is 0 Å². The van der Waals surface area contributed by atoms with Gasteiger partial charge in [0.25, 0.3) is 11.6 Å². The summed E-state index contributed by atoms with van der Waals surface area (Å²) in [5.74, 6) is -0.402. The standard InChI is InChI=1S/C18H20N2O3/c1-13-7-6-10-16(17(13)20(22)23)18(21)19-14(2)11-12-15-8-4-3-5-9-15/h3-10,14H,11-12H2,1-2H3,(H,19,21)/t14-/m0/s1. The molecule has 0 spiro atoms. The van der Waals surface area contributed by atoms with Crippen molar-refractivity contribution in [1.29, 1.82) is 0 Å². The highest BCUT2D eigenvalue weighted by Crippen LogP contribution is 2.23. The van der Waals surface area contributed by atoms with Gasteiger partial charge >= 0.3 is 0 Å². The largest absolute Gasteiger partial charge is 0.349 e. The van der Waals surface area contributed by atoms with Gasteiger partial charge in [-0.2, -0.15) is 0 Å². The molecule has 0 saturated carbocycles. The number of nitro benzene ring substituents is 1. The highest BCUT2D eigenvalue weighted by atomic mass is 16.6. The molecule has 2 aromatic rings. The number of nitrogens with zero attached hydrogens (tertiary/aromatic N) is 1. The highest BCUT2D eigenvalue weighted by molar-refractivity contribution is 5.98. The first kappa shape index (κ1) is 16.7. The maximum atomic E-state index is 12.3. The van der Waals surface area contributed by atoms with Crippen LogP contribution in [-0.4, -0.2) is 16.9 Å². The molecule has 0 saturated heterocycles. The average molecular weight is 312 g/mol. The van der Waals surface area contributed by atoms with Gasteiger partial charge in [-0.1, -0.05) is 42.5 Å². The van der Waals surface area contributed by atoms with Crippen molar-refractivity contribution in [2.75, 3.05) is 0 Å². The summed E-state index contributed by atoms with van der Waals surface area (Å²) in [6, 6.07) is 14.7. The summed E-state index contributed by atoms with van der Waals surface area (Å²) in [6.07, 6.45) is 1.62. The van der Waals surface area contributed by atoms with Gasteiger partial charge in [-0.25, -0.2) is 0 Å². The molecule has 0 aromatic heterocycles. The zero-order valence-electron chi connectivity index (χ0n) is 13.3. The first-order valence-electron chi connectivity index (χ1n) is 7.58. The minimum atomic E-state index is -0.501. The molecule has 5 nitrogen and oxygen atoms in total. The van der Waals surface area contributed by atoms with E-state index in [0.29, 0.717) is 5.56 Å². The SMILES string of the molecule is Cc1cccc(C(=O)N[C@@H](C)CCc2ccccc2)c1[N+](=O)[O-]. The molecular weight excluding hydrogens is 292 g/mol. The molecule has 2 aromatic carbocycles.